The number of alkyl halides is 3. The Morgan fingerprint density at radius 2 is 1.68 bits per heavy atom. The highest BCUT2D eigenvalue weighted by Crippen LogP contribution is 2.37. The largest absolute Gasteiger partial charge is 0.573 e. The third kappa shape index (κ3) is 3.86. The van der Waals surface area contributed by atoms with Gasteiger partial charge in [0.05, 0.1) is 6.04 Å². The third-order valence-electron chi connectivity index (χ3n) is 5.16. The fraction of sp³-hybridized carbons (Fsp3) is 0.333. The van der Waals surface area contributed by atoms with Gasteiger partial charge in [0.15, 0.2) is 0 Å². The molecule has 0 bridgehead atoms. The van der Waals surface area contributed by atoms with Gasteiger partial charge < -0.3 is 15.0 Å². The predicted molar refractivity (Wildman–Crippen MR) is 102 cm³/mol. The van der Waals surface area contributed by atoms with E-state index >= 15 is 0 Å². The zero-order valence-electron chi connectivity index (χ0n) is 15.5. The number of aromatic nitrogens is 1. The van der Waals surface area contributed by atoms with Gasteiger partial charge in [-0.05, 0) is 30.7 Å². The molecule has 2 N–H and O–H groups in total. The molecule has 1 aliphatic heterocycles. The van der Waals surface area contributed by atoms with E-state index < -0.39 is 6.36 Å². The van der Waals surface area contributed by atoms with Crippen LogP contribution in [0.15, 0.2) is 48.5 Å². The van der Waals surface area contributed by atoms with E-state index in [4.69, 9.17) is 0 Å². The minimum atomic E-state index is -4.69. The SMILES string of the molecule is Cc1[nH]c2ccccc2c1[C@@H](c1ccc(OC(F)(F)F)cc1)N1CCNCC1. The van der Waals surface area contributed by atoms with Gasteiger partial charge in [-0.15, -0.1) is 13.2 Å². The van der Waals surface area contributed by atoms with Gasteiger partial charge >= 0.3 is 6.36 Å². The van der Waals surface area contributed by atoms with Crippen molar-refractivity contribution in [2.75, 3.05) is 26.2 Å². The van der Waals surface area contributed by atoms with Crippen LogP contribution in [0.4, 0.5) is 13.2 Å². The van der Waals surface area contributed by atoms with Crippen LogP contribution in [0.1, 0.15) is 22.9 Å². The minimum Gasteiger partial charge on any atom is -0.406 e. The second-order valence-electron chi connectivity index (χ2n) is 7.01. The molecule has 28 heavy (non-hydrogen) atoms. The van der Waals surface area contributed by atoms with Crippen LogP contribution in [-0.2, 0) is 0 Å². The summed E-state index contributed by atoms with van der Waals surface area (Å²) in [5.41, 5.74) is 4.25. The Morgan fingerprint density at radius 1 is 1.00 bits per heavy atom. The van der Waals surface area contributed by atoms with E-state index in [2.05, 4.69) is 26.0 Å². The number of aryl methyl sites for hydroxylation is 1. The molecule has 7 heteroatoms. The number of nitrogens with zero attached hydrogens (tertiary/aromatic N) is 1. The average Bonchev–Trinajstić information content (AvgIpc) is 2.99. The van der Waals surface area contributed by atoms with Crippen molar-refractivity contribution in [1.82, 2.24) is 15.2 Å². The Bertz CT molecular complexity index is 944. The van der Waals surface area contributed by atoms with Gasteiger partial charge in [0.25, 0.3) is 0 Å². The summed E-state index contributed by atoms with van der Waals surface area (Å²) in [6.45, 7) is 5.54. The highest BCUT2D eigenvalue weighted by molar-refractivity contribution is 5.85. The van der Waals surface area contributed by atoms with E-state index in [0.717, 1.165) is 48.3 Å². The summed E-state index contributed by atoms with van der Waals surface area (Å²) in [6, 6.07) is 14.3. The number of H-pyrrole nitrogens is 1. The molecule has 0 spiro atoms. The van der Waals surface area contributed by atoms with Crippen LogP contribution in [-0.4, -0.2) is 42.4 Å². The molecule has 0 amide bonds. The maximum absolute atomic E-state index is 12.5. The average molecular weight is 389 g/mol. The number of hydrogen-bond donors (Lipinski definition) is 2. The maximum atomic E-state index is 12.5. The lowest BCUT2D eigenvalue weighted by molar-refractivity contribution is -0.274. The molecule has 3 aromatic rings. The van der Waals surface area contributed by atoms with Gasteiger partial charge in [-0.25, -0.2) is 0 Å². The molecule has 2 aromatic carbocycles. The molecule has 1 atom stereocenters. The molecule has 1 aliphatic rings. The number of ether oxygens (including phenoxy) is 1. The second kappa shape index (κ2) is 7.48. The molecule has 1 fully saturated rings. The lowest BCUT2D eigenvalue weighted by atomic mass is 9.94. The fourth-order valence-corrected chi connectivity index (χ4v) is 4.00. The van der Waals surface area contributed by atoms with E-state index in [1.807, 2.05) is 25.1 Å². The van der Waals surface area contributed by atoms with Gasteiger partial charge in [0.1, 0.15) is 5.75 Å². The summed E-state index contributed by atoms with van der Waals surface area (Å²) in [7, 11) is 0. The highest BCUT2D eigenvalue weighted by Gasteiger charge is 2.32. The molecular weight excluding hydrogens is 367 g/mol. The van der Waals surface area contributed by atoms with Crippen LogP contribution in [0.3, 0.4) is 0 Å². The Labute approximate surface area is 161 Å². The molecule has 148 valence electrons. The first-order valence-corrected chi connectivity index (χ1v) is 9.30. The third-order valence-corrected chi connectivity index (χ3v) is 5.16. The summed E-state index contributed by atoms with van der Waals surface area (Å²) >= 11 is 0. The Balaban J connectivity index is 1.77. The summed E-state index contributed by atoms with van der Waals surface area (Å²) in [6.07, 6.45) is -4.69. The van der Waals surface area contributed by atoms with Gasteiger partial charge in [0.2, 0.25) is 0 Å². The van der Waals surface area contributed by atoms with Gasteiger partial charge in [-0.3, -0.25) is 4.90 Å². The molecular formula is C21H22F3N3O. The van der Waals surface area contributed by atoms with Crippen LogP contribution in [0.5, 0.6) is 5.75 Å². The number of hydrogen-bond acceptors (Lipinski definition) is 3. The lowest BCUT2D eigenvalue weighted by Gasteiger charge is -2.36. The van der Waals surface area contributed by atoms with E-state index in [9.17, 15) is 13.2 Å². The number of piperazine rings is 1. The summed E-state index contributed by atoms with van der Waals surface area (Å²) in [5, 5.41) is 4.50. The molecule has 0 unspecified atom stereocenters. The summed E-state index contributed by atoms with van der Waals surface area (Å²) < 4.78 is 41.5. The molecule has 4 rings (SSSR count). The van der Waals surface area contributed by atoms with Crippen LogP contribution in [0.25, 0.3) is 10.9 Å². The number of nitrogens with one attached hydrogen (secondary N) is 2. The van der Waals surface area contributed by atoms with Crippen LogP contribution < -0.4 is 10.1 Å². The Kier molecular flexibility index (Phi) is 5.03. The number of benzene rings is 2. The summed E-state index contributed by atoms with van der Waals surface area (Å²) in [5.74, 6) is -0.203. The topological polar surface area (TPSA) is 40.3 Å². The van der Waals surface area contributed by atoms with E-state index in [0.29, 0.717) is 0 Å². The zero-order valence-corrected chi connectivity index (χ0v) is 15.5. The van der Waals surface area contributed by atoms with Crippen molar-refractivity contribution in [3.63, 3.8) is 0 Å². The molecule has 0 saturated carbocycles. The first-order valence-electron chi connectivity index (χ1n) is 9.30. The van der Waals surface area contributed by atoms with Crippen molar-refractivity contribution >= 4 is 10.9 Å². The van der Waals surface area contributed by atoms with Crippen molar-refractivity contribution in [1.29, 1.82) is 0 Å². The van der Waals surface area contributed by atoms with Gasteiger partial charge in [-0.2, -0.15) is 0 Å². The smallest absolute Gasteiger partial charge is 0.406 e. The standard InChI is InChI=1S/C21H22F3N3O/c1-14-19(17-4-2-3-5-18(17)26-14)20(27-12-10-25-11-13-27)15-6-8-16(9-7-15)28-21(22,23)24/h2-9,20,25-26H,10-13H2,1H3/t20-/m1/s1. The molecule has 0 aliphatic carbocycles. The van der Waals surface area contributed by atoms with Gasteiger partial charge in [-0.1, -0.05) is 30.3 Å². The van der Waals surface area contributed by atoms with Gasteiger partial charge in [0, 0.05) is 48.3 Å². The molecule has 1 aromatic heterocycles. The van der Waals surface area contributed by atoms with Crippen LogP contribution >= 0.6 is 0 Å². The van der Waals surface area contributed by atoms with Crippen molar-refractivity contribution in [2.45, 2.75) is 19.3 Å². The normalized spacial score (nSPS) is 17.0. The maximum Gasteiger partial charge on any atom is 0.573 e. The van der Waals surface area contributed by atoms with E-state index in [1.54, 1.807) is 12.1 Å². The Morgan fingerprint density at radius 3 is 2.36 bits per heavy atom. The van der Waals surface area contributed by atoms with Crippen LogP contribution in [0.2, 0.25) is 0 Å². The lowest BCUT2D eigenvalue weighted by Crippen LogP contribution is -2.45. The highest BCUT2D eigenvalue weighted by atomic mass is 19.4. The Hall–Kier alpha value is -2.51. The van der Waals surface area contributed by atoms with Crippen molar-refractivity contribution in [3.8, 4) is 5.75 Å². The minimum absolute atomic E-state index is 0.0433. The number of para-hydroxylation sites is 1. The van der Waals surface area contributed by atoms with E-state index in [1.165, 1.54) is 17.7 Å². The zero-order chi connectivity index (χ0) is 19.7. The van der Waals surface area contributed by atoms with Crippen molar-refractivity contribution < 1.29 is 17.9 Å². The molecule has 0 radical (unpaired) electrons. The van der Waals surface area contributed by atoms with Crippen LogP contribution in [0, 0.1) is 6.92 Å². The first-order chi connectivity index (χ1) is 13.4. The van der Waals surface area contributed by atoms with Crippen molar-refractivity contribution in [3.05, 3.63) is 65.4 Å². The number of halogens is 3. The summed E-state index contributed by atoms with van der Waals surface area (Å²) in [4.78, 5) is 5.82. The predicted octanol–water partition coefficient (Wildman–Crippen LogP) is 4.37. The molecule has 4 nitrogen and oxygen atoms in total. The monoisotopic (exact) mass is 389 g/mol. The quantitative estimate of drug-likeness (QED) is 0.696. The number of rotatable bonds is 4. The number of fused-ring (bicyclic) bond motifs is 1. The molecule has 1 saturated heterocycles. The first kappa shape index (κ1) is 18.8. The number of aromatic amines is 1. The van der Waals surface area contributed by atoms with E-state index in [-0.39, 0.29) is 11.8 Å². The van der Waals surface area contributed by atoms with Crippen molar-refractivity contribution in [2.24, 2.45) is 0 Å². The fourth-order valence-electron chi connectivity index (χ4n) is 4.00. The second-order valence-corrected chi connectivity index (χ2v) is 7.01. The molecule has 2 heterocycles.